The molecule has 1 aliphatic rings. The molecule has 0 unspecified atom stereocenters. The Morgan fingerprint density at radius 2 is 2.24 bits per heavy atom. The van der Waals surface area contributed by atoms with Crippen LogP contribution in [-0.4, -0.2) is 29.6 Å². The first-order valence-electron chi connectivity index (χ1n) is 6.12. The number of carbonyl (C=O) groups is 1. The summed E-state index contributed by atoms with van der Waals surface area (Å²) in [4.78, 5) is 16.1. The molecule has 0 aliphatic heterocycles. The average Bonchev–Trinajstić information content (AvgIpc) is 2.97. The van der Waals surface area contributed by atoms with Crippen LogP contribution in [0.2, 0.25) is 0 Å². The molecular weight excluding hydrogens is 220 g/mol. The van der Waals surface area contributed by atoms with Crippen LogP contribution >= 0.6 is 0 Å². The minimum atomic E-state index is 0.212. The Morgan fingerprint density at radius 1 is 1.47 bits per heavy atom. The van der Waals surface area contributed by atoms with E-state index in [4.69, 9.17) is 9.26 Å². The van der Waals surface area contributed by atoms with Gasteiger partial charge < -0.3 is 9.26 Å². The van der Waals surface area contributed by atoms with Crippen molar-refractivity contribution < 1.29 is 14.1 Å². The second-order valence-electron chi connectivity index (χ2n) is 4.47. The number of rotatable bonds is 6. The summed E-state index contributed by atoms with van der Waals surface area (Å²) in [7, 11) is 1.63. The fraction of sp³-hybridized carbons (Fsp3) is 0.750. The third kappa shape index (κ3) is 3.36. The van der Waals surface area contributed by atoms with E-state index in [0.717, 1.165) is 12.8 Å². The maximum Gasteiger partial charge on any atom is 0.234 e. The van der Waals surface area contributed by atoms with Gasteiger partial charge in [-0.25, -0.2) is 0 Å². The number of hydrogen-bond acceptors (Lipinski definition) is 5. The van der Waals surface area contributed by atoms with Crippen LogP contribution in [0.1, 0.15) is 37.4 Å². The van der Waals surface area contributed by atoms with Crippen LogP contribution in [-0.2, 0) is 22.4 Å². The molecule has 0 bridgehead atoms. The van der Waals surface area contributed by atoms with Crippen molar-refractivity contribution in [2.45, 2.75) is 38.5 Å². The van der Waals surface area contributed by atoms with E-state index < -0.39 is 0 Å². The molecule has 0 amide bonds. The molecule has 17 heavy (non-hydrogen) atoms. The first kappa shape index (κ1) is 12.2. The number of hydrogen-bond donors (Lipinski definition) is 0. The molecule has 1 aromatic rings. The summed E-state index contributed by atoms with van der Waals surface area (Å²) in [6, 6.07) is 0. The minimum Gasteiger partial charge on any atom is -0.384 e. The van der Waals surface area contributed by atoms with E-state index in [0.29, 0.717) is 24.7 Å². The van der Waals surface area contributed by atoms with Gasteiger partial charge in [0.25, 0.3) is 0 Å². The van der Waals surface area contributed by atoms with Crippen LogP contribution in [0.25, 0.3) is 0 Å². The maximum atomic E-state index is 11.9. The highest BCUT2D eigenvalue weighted by Gasteiger charge is 2.24. The van der Waals surface area contributed by atoms with Crippen molar-refractivity contribution in [3.8, 4) is 0 Å². The normalized spacial score (nSPS) is 16.5. The lowest BCUT2D eigenvalue weighted by molar-refractivity contribution is -0.122. The van der Waals surface area contributed by atoms with Crippen LogP contribution in [0.3, 0.4) is 0 Å². The Morgan fingerprint density at radius 3 is 2.94 bits per heavy atom. The third-order valence-corrected chi connectivity index (χ3v) is 3.18. The lowest BCUT2D eigenvalue weighted by atomic mass is 10.0. The van der Waals surface area contributed by atoms with E-state index >= 15 is 0 Å². The molecule has 94 valence electrons. The van der Waals surface area contributed by atoms with Crippen LogP contribution in [0.15, 0.2) is 4.52 Å². The molecule has 1 aliphatic carbocycles. The molecule has 0 spiro atoms. The summed E-state index contributed by atoms with van der Waals surface area (Å²) in [5.41, 5.74) is 0. The molecule has 5 nitrogen and oxygen atoms in total. The molecule has 0 radical (unpaired) electrons. The zero-order valence-corrected chi connectivity index (χ0v) is 10.1. The molecule has 0 aromatic carbocycles. The van der Waals surface area contributed by atoms with Crippen molar-refractivity contribution in [2.24, 2.45) is 5.92 Å². The molecule has 0 saturated heterocycles. The fourth-order valence-corrected chi connectivity index (χ4v) is 2.20. The van der Waals surface area contributed by atoms with Crippen molar-refractivity contribution in [1.82, 2.24) is 10.1 Å². The van der Waals surface area contributed by atoms with Gasteiger partial charge in [-0.3, -0.25) is 4.79 Å². The Hall–Kier alpha value is -1.23. The smallest absolute Gasteiger partial charge is 0.234 e. The molecule has 5 heteroatoms. The molecule has 0 N–H and O–H groups in total. The number of carbonyl (C=O) groups excluding carboxylic acids is 1. The molecule has 1 aromatic heterocycles. The second kappa shape index (κ2) is 5.91. The van der Waals surface area contributed by atoms with Gasteiger partial charge >= 0.3 is 0 Å². The molecule has 1 saturated carbocycles. The number of ether oxygens (including phenoxy) is 1. The minimum absolute atomic E-state index is 0.212. The fourth-order valence-electron chi connectivity index (χ4n) is 2.20. The van der Waals surface area contributed by atoms with E-state index in [1.807, 2.05) is 0 Å². The van der Waals surface area contributed by atoms with Gasteiger partial charge in [0.05, 0.1) is 13.0 Å². The second-order valence-corrected chi connectivity index (χ2v) is 4.47. The van der Waals surface area contributed by atoms with Crippen molar-refractivity contribution in [2.75, 3.05) is 13.7 Å². The lowest BCUT2D eigenvalue weighted by Crippen LogP contribution is -2.13. The largest absolute Gasteiger partial charge is 0.384 e. The van der Waals surface area contributed by atoms with Crippen molar-refractivity contribution in [3.63, 3.8) is 0 Å². The summed E-state index contributed by atoms with van der Waals surface area (Å²) >= 11 is 0. The zero-order valence-electron chi connectivity index (χ0n) is 10.1. The first-order valence-corrected chi connectivity index (χ1v) is 6.12. The highest BCUT2D eigenvalue weighted by atomic mass is 16.5. The number of Topliss-reactive ketones (excluding diaryl/α,β-unsaturated/α-hetero) is 1. The van der Waals surface area contributed by atoms with Gasteiger partial charge in [-0.2, -0.15) is 4.98 Å². The molecular formula is C12H18N2O3. The molecule has 2 rings (SSSR count). The van der Waals surface area contributed by atoms with E-state index in [1.54, 1.807) is 7.11 Å². The highest BCUT2D eigenvalue weighted by Crippen LogP contribution is 2.26. The van der Waals surface area contributed by atoms with E-state index in [2.05, 4.69) is 10.1 Å². The predicted molar refractivity (Wildman–Crippen MR) is 60.5 cm³/mol. The SMILES string of the molecule is COCCc1noc(CC(=O)C2CCCC2)n1. The Balaban J connectivity index is 1.85. The summed E-state index contributed by atoms with van der Waals surface area (Å²) in [5.74, 6) is 1.50. The molecule has 1 heterocycles. The van der Waals surface area contributed by atoms with Crippen LogP contribution in [0.5, 0.6) is 0 Å². The Bertz CT molecular complexity index is 370. The highest BCUT2D eigenvalue weighted by molar-refractivity contribution is 5.82. The van der Waals surface area contributed by atoms with Gasteiger partial charge in [0.15, 0.2) is 5.82 Å². The number of ketones is 1. The van der Waals surface area contributed by atoms with Gasteiger partial charge in [-0.15, -0.1) is 0 Å². The predicted octanol–water partition coefficient (Wildman–Crippen LogP) is 1.56. The van der Waals surface area contributed by atoms with Crippen LogP contribution < -0.4 is 0 Å². The van der Waals surface area contributed by atoms with Gasteiger partial charge in [0.1, 0.15) is 5.78 Å². The van der Waals surface area contributed by atoms with Crippen molar-refractivity contribution in [3.05, 3.63) is 11.7 Å². The summed E-state index contributed by atoms with van der Waals surface area (Å²) in [6.07, 6.45) is 5.27. The molecule has 1 fully saturated rings. The number of methoxy groups -OCH3 is 1. The average molecular weight is 238 g/mol. The summed E-state index contributed by atoms with van der Waals surface area (Å²) in [6.45, 7) is 0.565. The van der Waals surface area contributed by atoms with Crippen molar-refractivity contribution in [1.29, 1.82) is 0 Å². The summed E-state index contributed by atoms with van der Waals surface area (Å²) in [5, 5.41) is 3.82. The van der Waals surface area contributed by atoms with Crippen LogP contribution in [0, 0.1) is 5.92 Å². The first-order chi connectivity index (χ1) is 8.29. The molecule has 0 atom stereocenters. The standard InChI is InChI=1S/C12H18N2O3/c1-16-7-6-11-13-12(17-14-11)8-10(15)9-4-2-3-5-9/h9H,2-8H2,1H3. The number of nitrogens with zero attached hydrogens (tertiary/aromatic N) is 2. The van der Waals surface area contributed by atoms with Gasteiger partial charge in [0, 0.05) is 19.4 Å². The van der Waals surface area contributed by atoms with Crippen molar-refractivity contribution >= 4 is 5.78 Å². The van der Waals surface area contributed by atoms with E-state index in [9.17, 15) is 4.79 Å². The topological polar surface area (TPSA) is 65.2 Å². The maximum absolute atomic E-state index is 11.9. The number of aromatic nitrogens is 2. The van der Waals surface area contributed by atoms with Gasteiger partial charge in [-0.1, -0.05) is 18.0 Å². The van der Waals surface area contributed by atoms with E-state index in [-0.39, 0.29) is 18.1 Å². The van der Waals surface area contributed by atoms with E-state index in [1.165, 1.54) is 12.8 Å². The summed E-state index contributed by atoms with van der Waals surface area (Å²) < 4.78 is 9.98. The van der Waals surface area contributed by atoms with Gasteiger partial charge in [0.2, 0.25) is 5.89 Å². The monoisotopic (exact) mass is 238 g/mol. The lowest BCUT2D eigenvalue weighted by Gasteiger charge is -2.04. The quantitative estimate of drug-likeness (QED) is 0.752. The zero-order chi connectivity index (χ0) is 12.1. The Kier molecular flexibility index (Phi) is 4.25. The van der Waals surface area contributed by atoms with Gasteiger partial charge in [-0.05, 0) is 12.8 Å². The van der Waals surface area contributed by atoms with Crippen LogP contribution in [0.4, 0.5) is 0 Å². The Labute approximate surface area is 101 Å². The third-order valence-electron chi connectivity index (χ3n) is 3.18.